The predicted octanol–water partition coefficient (Wildman–Crippen LogP) is 4.24. The summed E-state index contributed by atoms with van der Waals surface area (Å²) in [6.07, 6.45) is 6.22. The summed E-state index contributed by atoms with van der Waals surface area (Å²) in [6, 6.07) is 6.37. The van der Waals surface area contributed by atoms with Crippen LogP contribution in [0, 0.1) is 13.8 Å². The summed E-state index contributed by atoms with van der Waals surface area (Å²) in [7, 11) is 0. The molecular weight excluding hydrogens is 234 g/mol. The molecule has 1 rings (SSSR count). The molecule has 0 unspecified atom stereocenters. The molecule has 0 radical (unpaired) electrons. The SMILES string of the molecule is CCCNCCCCCCOc1ccc(C)cc1C. The molecule has 0 spiro atoms. The van der Waals surface area contributed by atoms with Crippen molar-refractivity contribution in [3.8, 4) is 5.75 Å². The Labute approximate surface area is 118 Å². The Balaban J connectivity index is 2.01. The van der Waals surface area contributed by atoms with Crippen molar-refractivity contribution in [2.75, 3.05) is 19.7 Å². The normalized spacial score (nSPS) is 10.7. The van der Waals surface area contributed by atoms with Crippen LogP contribution < -0.4 is 10.1 Å². The number of ether oxygens (including phenoxy) is 1. The van der Waals surface area contributed by atoms with Crippen molar-refractivity contribution in [2.24, 2.45) is 0 Å². The van der Waals surface area contributed by atoms with Crippen molar-refractivity contribution in [2.45, 2.75) is 52.9 Å². The van der Waals surface area contributed by atoms with E-state index >= 15 is 0 Å². The highest BCUT2D eigenvalue weighted by Gasteiger charge is 1.99. The molecule has 0 saturated heterocycles. The second kappa shape index (κ2) is 9.85. The third kappa shape index (κ3) is 7.22. The molecule has 1 aromatic rings. The summed E-state index contributed by atoms with van der Waals surface area (Å²) < 4.78 is 5.82. The fourth-order valence-corrected chi connectivity index (χ4v) is 2.15. The van der Waals surface area contributed by atoms with Gasteiger partial charge in [0.15, 0.2) is 0 Å². The predicted molar refractivity (Wildman–Crippen MR) is 83.0 cm³/mol. The lowest BCUT2D eigenvalue weighted by Gasteiger charge is -2.09. The summed E-state index contributed by atoms with van der Waals surface area (Å²) in [5.41, 5.74) is 2.54. The van der Waals surface area contributed by atoms with Crippen molar-refractivity contribution in [3.63, 3.8) is 0 Å². The molecular formula is C17H29NO. The Morgan fingerprint density at radius 2 is 1.79 bits per heavy atom. The van der Waals surface area contributed by atoms with Crippen molar-refractivity contribution in [1.29, 1.82) is 0 Å². The molecule has 108 valence electrons. The Bertz CT molecular complexity index is 349. The van der Waals surface area contributed by atoms with E-state index in [-0.39, 0.29) is 0 Å². The van der Waals surface area contributed by atoms with Crippen molar-refractivity contribution >= 4 is 0 Å². The summed E-state index contributed by atoms with van der Waals surface area (Å²) in [6.45, 7) is 9.58. The average Bonchev–Trinajstić information content (AvgIpc) is 2.39. The molecule has 0 saturated carbocycles. The van der Waals surface area contributed by atoms with Gasteiger partial charge in [-0.15, -0.1) is 0 Å². The van der Waals surface area contributed by atoms with Gasteiger partial charge in [0.25, 0.3) is 0 Å². The monoisotopic (exact) mass is 263 g/mol. The van der Waals surface area contributed by atoms with Gasteiger partial charge in [-0.2, -0.15) is 0 Å². The first-order valence-corrected chi connectivity index (χ1v) is 7.65. The summed E-state index contributed by atoms with van der Waals surface area (Å²) in [4.78, 5) is 0. The van der Waals surface area contributed by atoms with Gasteiger partial charge in [-0.3, -0.25) is 0 Å². The standard InChI is InChI=1S/C17H29NO/c1-4-11-18-12-7-5-6-8-13-19-17-10-9-15(2)14-16(17)3/h9-10,14,18H,4-8,11-13H2,1-3H3. The lowest BCUT2D eigenvalue weighted by molar-refractivity contribution is 0.302. The molecule has 0 atom stereocenters. The lowest BCUT2D eigenvalue weighted by atomic mass is 10.1. The van der Waals surface area contributed by atoms with Crippen LogP contribution in [-0.2, 0) is 0 Å². The Morgan fingerprint density at radius 1 is 1.00 bits per heavy atom. The van der Waals surface area contributed by atoms with Crippen LogP contribution in [0.5, 0.6) is 5.75 Å². The molecule has 0 aliphatic heterocycles. The molecule has 0 aliphatic rings. The fraction of sp³-hybridized carbons (Fsp3) is 0.647. The largest absolute Gasteiger partial charge is 0.493 e. The number of hydrogen-bond acceptors (Lipinski definition) is 2. The third-order valence-electron chi connectivity index (χ3n) is 3.26. The summed E-state index contributed by atoms with van der Waals surface area (Å²) in [5, 5.41) is 3.43. The quantitative estimate of drug-likeness (QED) is 0.637. The molecule has 0 aliphatic carbocycles. The number of aryl methyl sites for hydroxylation is 2. The lowest BCUT2D eigenvalue weighted by Crippen LogP contribution is -2.15. The summed E-state index contributed by atoms with van der Waals surface area (Å²) >= 11 is 0. The molecule has 2 nitrogen and oxygen atoms in total. The van der Waals surface area contributed by atoms with Crippen LogP contribution in [0.4, 0.5) is 0 Å². The van der Waals surface area contributed by atoms with Gasteiger partial charge in [0.1, 0.15) is 5.75 Å². The van der Waals surface area contributed by atoms with Gasteiger partial charge in [0.05, 0.1) is 6.61 Å². The van der Waals surface area contributed by atoms with E-state index < -0.39 is 0 Å². The number of hydrogen-bond donors (Lipinski definition) is 1. The van der Waals surface area contributed by atoms with Crippen molar-refractivity contribution in [3.05, 3.63) is 29.3 Å². The van der Waals surface area contributed by atoms with Crippen molar-refractivity contribution in [1.82, 2.24) is 5.32 Å². The first-order valence-electron chi connectivity index (χ1n) is 7.65. The highest BCUT2D eigenvalue weighted by Crippen LogP contribution is 2.19. The van der Waals surface area contributed by atoms with Gasteiger partial charge in [0, 0.05) is 0 Å². The number of benzene rings is 1. The van der Waals surface area contributed by atoms with Crippen LogP contribution >= 0.6 is 0 Å². The highest BCUT2D eigenvalue weighted by atomic mass is 16.5. The van der Waals surface area contributed by atoms with E-state index in [2.05, 4.69) is 44.3 Å². The smallest absolute Gasteiger partial charge is 0.122 e. The third-order valence-corrected chi connectivity index (χ3v) is 3.26. The highest BCUT2D eigenvalue weighted by molar-refractivity contribution is 5.35. The second-order valence-electron chi connectivity index (χ2n) is 5.28. The maximum atomic E-state index is 5.82. The number of rotatable bonds is 10. The first-order chi connectivity index (χ1) is 9.24. The maximum Gasteiger partial charge on any atom is 0.122 e. The minimum Gasteiger partial charge on any atom is -0.493 e. The van der Waals surface area contributed by atoms with Crippen LogP contribution in [0.3, 0.4) is 0 Å². The van der Waals surface area contributed by atoms with Crippen LogP contribution in [0.2, 0.25) is 0 Å². The maximum absolute atomic E-state index is 5.82. The van der Waals surface area contributed by atoms with Crippen LogP contribution in [0.15, 0.2) is 18.2 Å². The van der Waals surface area contributed by atoms with Gasteiger partial charge in [0.2, 0.25) is 0 Å². The minimum absolute atomic E-state index is 0.840. The zero-order chi connectivity index (χ0) is 13.9. The molecule has 2 heteroatoms. The van der Waals surface area contributed by atoms with E-state index in [1.807, 2.05) is 0 Å². The van der Waals surface area contributed by atoms with E-state index in [0.717, 1.165) is 31.9 Å². The molecule has 1 aromatic carbocycles. The molecule has 1 N–H and O–H groups in total. The van der Waals surface area contributed by atoms with Gasteiger partial charge < -0.3 is 10.1 Å². The van der Waals surface area contributed by atoms with Gasteiger partial charge in [-0.1, -0.05) is 37.5 Å². The van der Waals surface area contributed by atoms with Crippen LogP contribution in [0.1, 0.15) is 50.2 Å². The number of unbranched alkanes of at least 4 members (excludes halogenated alkanes) is 3. The average molecular weight is 263 g/mol. The van der Waals surface area contributed by atoms with E-state index in [1.165, 1.54) is 36.8 Å². The van der Waals surface area contributed by atoms with Crippen LogP contribution in [0.25, 0.3) is 0 Å². The first kappa shape index (κ1) is 16.0. The zero-order valence-electron chi connectivity index (χ0n) is 12.8. The van der Waals surface area contributed by atoms with E-state index in [1.54, 1.807) is 0 Å². The molecule has 0 aromatic heterocycles. The second-order valence-corrected chi connectivity index (χ2v) is 5.28. The molecule has 19 heavy (non-hydrogen) atoms. The van der Waals surface area contributed by atoms with E-state index in [4.69, 9.17) is 4.74 Å². The molecule has 0 bridgehead atoms. The van der Waals surface area contributed by atoms with Crippen LogP contribution in [-0.4, -0.2) is 19.7 Å². The topological polar surface area (TPSA) is 21.3 Å². The Morgan fingerprint density at radius 3 is 2.53 bits per heavy atom. The Kier molecular flexibility index (Phi) is 8.31. The van der Waals surface area contributed by atoms with E-state index in [0.29, 0.717) is 0 Å². The van der Waals surface area contributed by atoms with Gasteiger partial charge >= 0.3 is 0 Å². The number of nitrogens with one attached hydrogen (secondary N) is 1. The fourth-order valence-electron chi connectivity index (χ4n) is 2.15. The zero-order valence-corrected chi connectivity index (χ0v) is 12.8. The Hall–Kier alpha value is -1.02. The molecule has 0 fully saturated rings. The van der Waals surface area contributed by atoms with Gasteiger partial charge in [-0.05, 0) is 57.8 Å². The summed E-state index contributed by atoms with van der Waals surface area (Å²) in [5.74, 6) is 1.04. The molecule has 0 amide bonds. The minimum atomic E-state index is 0.840. The van der Waals surface area contributed by atoms with E-state index in [9.17, 15) is 0 Å². The van der Waals surface area contributed by atoms with Gasteiger partial charge in [-0.25, -0.2) is 0 Å². The van der Waals surface area contributed by atoms with Crippen molar-refractivity contribution < 1.29 is 4.74 Å². The molecule has 0 heterocycles.